The fourth-order valence-corrected chi connectivity index (χ4v) is 4.67. The summed E-state index contributed by atoms with van der Waals surface area (Å²) in [5.41, 5.74) is 3.15. The zero-order chi connectivity index (χ0) is 21.4. The van der Waals surface area contributed by atoms with Crippen LogP contribution in [-0.2, 0) is 4.79 Å². The predicted molar refractivity (Wildman–Crippen MR) is 121 cm³/mol. The zero-order valence-electron chi connectivity index (χ0n) is 17.9. The van der Waals surface area contributed by atoms with E-state index in [4.69, 9.17) is 0 Å². The van der Waals surface area contributed by atoms with Gasteiger partial charge in [0.1, 0.15) is 11.6 Å². The minimum Gasteiger partial charge on any atom is -0.368 e. The molecule has 0 radical (unpaired) electrons. The summed E-state index contributed by atoms with van der Waals surface area (Å²) < 4.78 is 14.6. The fourth-order valence-electron chi connectivity index (χ4n) is 4.67. The number of nitrogens with zero attached hydrogens (tertiary/aromatic N) is 4. The Morgan fingerprint density at radius 2 is 1.77 bits per heavy atom. The molecule has 2 saturated heterocycles. The van der Waals surface area contributed by atoms with Crippen LogP contribution < -0.4 is 4.90 Å². The van der Waals surface area contributed by atoms with Crippen molar-refractivity contribution in [1.29, 1.82) is 0 Å². The smallest absolute Gasteiger partial charge is 0.225 e. The zero-order valence-corrected chi connectivity index (χ0v) is 17.9. The first-order valence-electron chi connectivity index (χ1n) is 11.1. The maximum atomic E-state index is 14.6. The van der Waals surface area contributed by atoms with E-state index in [0.717, 1.165) is 55.7 Å². The summed E-state index contributed by atoms with van der Waals surface area (Å²) in [6.45, 7) is 4.92. The van der Waals surface area contributed by atoms with Crippen molar-refractivity contribution in [3.63, 3.8) is 0 Å². The number of H-pyrrole nitrogens is 1. The van der Waals surface area contributed by atoms with Crippen LogP contribution in [0.5, 0.6) is 0 Å². The molecule has 2 aliphatic heterocycles. The van der Waals surface area contributed by atoms with Crippen molar-refractivity contribution in [2.24, 2.45) is 5.92 Å². The SMILES string of the molecule is CN1CCC(C(=O)N2CCN(c3ccc(F)c(-c4nc5ccccc5[nH]4)c3)CC2)CC1. The van der Waals surface area contributed by atoms with Gasteiger partial charge < -0.3 is 19.7 Å². The first-order chi connectivity index (χ1) is 15.1. The number of rotatable bonds is 3. The highest BCUT2D eigenvalue weighted by Crippen LogP contribution is 2.29. The van der Waals surface area contributed by atoms with Gasteiger partial charge in [0.25, 0.3) is 0 Å². The van der Waals surface area contributed by atoms with Crippen LogP contribution in [-0.4, -0.2) is 72.0 Å². The average Bonchev–Trinajstić information content (AvgIpc) is 3.24. The van der Waals surface area contributed by atoms with Gasteiger partial charge in [0.15, 0.2) is 0 Å². The largest absolute Gasteiger partial charge is 0.368 e. The van der Waals surface area contributed by atoms with Crippen molar-refractivity contribution in [1.82, 2.24) is 19.8 Å². The van der Waals surface area contributed by atoms with E-state index in [0.29, 0.717) is 30.4 Å². The number of para-hydroxylation sites is 2. The molecule has 0 bridgehead atoms. The average molecular weight is 422 g/mol. The quantitative estimate of drug-likeness (QED) is 0.705. The van der Waals surface area contributed by atoms with Crippen LogP contribution in [0.1, 0.15) is 12.8 Å². The molecular weight excluding hydrogens is 393 g/mol. The number of piperidine rings is 1. The summed E-state index contributed by atoms with van der Waals surface area (Å²) in [6.07, 6.45) is 1.91. The number of hydrogen-bond donors (Lipinski definition) is 1. The Labute approximate surface area is 181 Å². The molecule has 0 spiro atoms. The molecule has 7 heteroatoms. The second-order valence-electron chi connectivity index (χ2n) is 8.66. The van der Waals surface area contributed by atoms with Crippen molar-refractivity contribution in [3.05, 3.63) is 48.3 Å². The predicted octanol–water partition coefficient (Wildman–Crippen LogP) is 3.36. The molecule has 2 aliphatic rings. The number of fused-ring (bicyclic) bond motifs is 1. The third kappa shape index (κ3) is 4.02. The lowest BCUT2D eigenvalue weighted by Gasteiger charge is -2.39. The van der Waals surface area contributed by atoms with Crippen LogP contribution in [0, 0.1) is 11.7 Å². The molecule has 3 aromatic rings. The molecule has 2 fully saturated rings. The van der Waals surface area contributed by atoms with Gasteiger partial charge >= 0.3 is 0 Å². The van der Waals surface area contributed by atoms with Crippen LogP contribution in [0.3, 0.4) is 0 Å². The Kier molecular flexibility index (Phi) is 5.36. The van der Waals surface area contributed by atoms with E-state index in [1.54, 1.807) is 0 Å². The summed E-state index contributed by atoms with van der Waals surface area (Å²) in [5, 5.41) is 0. The van der Waals surface area contributed by atoms with Gasteiger partial charge in [0, 0.05) is 37.8 Å². The lowest BCUT2D eigenvalue weighted by molar-refractivity contribution is -0.137. The third-order valence-electron chi connectivity index (χ3n) is 6.62. The highest BCUT2D eigenvalue weighted by molar-refractivity contribution is 5.80. The van der Waals surface area contributed by atoms with Gasteiger partial charge in [-0.1, -0.05) is 12.1 Å². The number of likely N-dealkylation sites (tertiary alicyclic amines) is 1. The van der Waals surface area contributed by atoms with E-state index in [9.17, 15) is 9.18 Å². The van der Waals surface area contributed by atoms with Crippen LogP contribution in [0.4, 0.5) is 10.1 Å². The lowest BCUT2D eigenvalue weighted by atomic mass is 9.95. The highest BCUT2D eigenvalue weighted by atomic mass is 19.1. The maximum absolute atomic E-state index is 14.6. The minimum atomic E-state index is -0.293. The molecular formula is C24H28FN5O. The van der Waals surface area contributed by atoms with E-state index in [1.807, 2.05) is 41.3 Å². The molecule has 1 N–H and O–H groups in total. The first-order valence-corrected chi connectivity index (χ1v) is 11.1. The van der Waals surface area contributed by atoms with Gasteiger partial charge in [-0.2, -0.15) is 0 Å². The molecule has 3 heterocycles. The van der Waals surface area contributed by atoms with E-state index >= 15 is 0 Å². The van der Waals surface area contributed by atoms with Crippen LogP contribution in [0.2, 0.25) is 0 Å². The monoisotopic (exact) mass is 421 g/mol. The van der Waals surface area contributed by atoms with E-state index in [-0.39, 0.29) is 11.7 Å². The molecule has 0 unspecified atom stereocenters. The normalized spacial score (nSPS) is 18.6. The second-order valence-corrected chi connectivity index (χ2v) is 8.66. The number of nitrogens with one attached hydrogen (secondary N) is 1. The van der Waals surface area contributed by atoms with E-state index in [1.165, 1.54) is 6.07 Å². The number of carbonyl (C=O) groups excluding carboxylic acids is 1. The van der Waals surface area contributed by atoms with Gasteiger partial charge in [-0.15, -0.1) is 0 Å². The van der Waals surface area contributed by atoms with Gasteiger partial charge in [0.05, 0.1) is 16.6 Å². The van der Waals surface area contributed by atoms with Crippen molar-refractivity contribution in [3.8, 4) is 11.4 Å². The molecule has 1 aromatic heterocycles. The number of aromatic nitrogens is 2. The molecule has 2 aromatic carbocycles. The summed E-state index contributed by atoms with van der Waals surface area (Å²) >= 11 is 0. The number of aromatic amines is 1. The van der Waals surface area contributed by atoms with Gasteiger partial charge in [-0.05, 0) is 63.3 Å². The van der Waals surface area contributed by atoms with Crippen molar-refractivity contribution in [2.45, 2.75) is 12.8 Å². The van der Waals surface area contributed by atoms with Crippen molar-refractivity contribution < 1.29 is 9.18 Å². The molecule has 1 amide bonds. The Bertz CT molecular complexity index is 1050. The molecule has 0 saturated carbocycles. The number of amides is 1. The van der Waals surface area contributed by atoms with Crippen LogP contribution in [0.25, 0.3) is 22.4 Å². The van der Waals surface area contributed by atoms with Crippen LogP contribution >= 0.6 is 0 Å². The fraction of sp³-hybridized carbons (Fsp3) is 0.417. The van der Waals surface area contributed by atoms with E-state index < -0.39 is 0 Å². The van der Waals surface area contributed by atoms with Crippen molar-refractivity contribution in [2.75, 3.05) is 51.2 Å². The second kappa shape index (κ2) is 8.30. The van der Waals surface area contributed by atoms with Crippen molar-refractivity contribution >= 4 is 22.6 Å². The molecule has 162 valence electrons. The molecule has 5 rings (SSSR count). The Balaban J connectivity index is 1.28. The third-order valence-corrected chi connectivity index (χ3v) is 6.62. The number of carbonyl (C=O) groups is 1. The maximum Gasteiger partial charge on any atom is 0.225 e. The van der Waals surface area contributed by atoms with Gasteiger partial charge in [-0.3, -0.25) is 4.79 Å². The standard InChI is InChI=1S/C24H28FN5O/c1-28-10-8-17(9-11-28)24(31)30-14-12-29(13-15-30)18-6-7-20(25)19(16-18)23-26-21-4-2-3-5-22(21)27-23/h2-7,16-17H,8-15H2,1H3,(H,26,27). The number of piperazine rings is 1. The number of hydrogen-bond acceptors (Lipinski definition) is 4. The summed E-state index contributed by atoms with van der Waals surface area (Å²) in [4.78, 5) is 27.2. The Morgan fingerprint density at radius 1 is 1.03 bits per heavy atom. The lowest BCUT2D eigenvalue weighted by Crippen LogP contribution is -2.51. The molecule has 6 nitrogen and oxygen atoms in total. The van der Waals surface area contributed by atoms with Gasteiger partial charge in [0.2, 0.25) is 5.91 Å². The van der Waals surface area contributed by atoms with Crippen LogP contribution in [0.15, 0.2) is 42.5 Å². The number of imidazole rings is 1. The highest BCUT2D eigenvalue weighted by Gasteiger charge is 2.29. The molecule has 0 atom stereocenters. The number of anilines is 1. The molecule has 0 aliphatic carbocycles. The number of halogens is 1. The molecule has 31 heavy (non-hydrogen) atoms. The summed E-state index contributed by atoms with van der Waals surface area (Å²) in [7, 11) is 2.11. The first kappa shape index (κ1) is 20.0. The Hall–Kier alpha value is -2.93. The summed E-state index contributed by atoms with van der Waals surface area (Å²) in [6, 6.07) is 12.9. The summed E-state index contributed by atoms with van der Waals surface area (Å²) in [5.74, 6) is 0.707. The Morgan fingerprint density at radius 3 is 2.52 bits per heavy atom. The van der Waals surface area contributed by atoms with Gasteiger partial charge in [-0.25, -0.2) is 9.37 Å². The minimum absolute atomic E-state index is 0.160. The number of benzene rings is 2. The van der Waals surface area contributed by atoms with E-state index in [2.05, 4.69) is 26.8 Å². The topological polar surface area (TPSA) is 55.5 Å².